The fourth-order valence-electron chi connectivity index (χ4n) is 4.56. The fourth-order valence-corrected chi connectivity index (χ4v) is 11.0. The lowest BCUT2D eigenvalue weighted by Crippen LogP contribution is -2.41. The monoisotopic (exact) mass is 414 g/mol. The van der Waals surface area contributed by atoms with Crippen LogP contribution in [0.5, 0.6) is 0 Å². The molecule has 0 saturated carbocycles. The Bertz CT molecular complexity index is 683. The Hall–Kier alpha value is -0.946. The largest absolute Gasteiger partial charge is 0.377 e. The van der Waals surface area contributed by atoms with Crippen molar-refractivity contribution < 1.29 is 9.47 Å². The van der Waals surface area contributed by atoms with Crippen LogP contribution in [-0.2, 0) is 22.7 Å². The fraction of sp³-hybridized carbons (Fsp3) is 0.583. The van der Waals surface area contributed by atoms with E-state index in [0.717, 1.165) is 26.1 Å². The number of benzene rings is 1. The molecule has 0 saturated heterocycles. The Labute approximate surface area is 174 Å². The van der Waals surface area contributed by atoms with Crippen molar-refractivity contribution in [2.45, 2.75) is 78.2 Å². The highest BCUT2D eigenvalue weighted by atomic mass is 28.3. The maximum absolute atomic E-state index is 5.99. The zero-order valence-electron chi connectivity index (χ0n) is 18.8. The van der Waals surface area contributed by atoms with Gasteiger partial charge in [-0.3, -0.25) is 0 Å². The van der Waals surface area contributed by atoms with Crippen molar-refractivity contribution >= 4 is 16.1 Å². The average molecular weight is 415 g/mol. The Morgan fingerprint density at radius 3 is 1.29 bits per heavy atom. The summed E-state index contributed by atoms with van der Waals surface area (Å²) in [6.45, 7) is 18.3. The van der Waals surface area contributed by atoms with E-state index >= 15 is 0 Å². The van der Waals surface area contributed by atoms with Gasteiger partial charge in [-0.2, -0.15) is 0 Å². The molecular weight excluding hydrogens is 376 g/mol. The minimum Gasteiger partial charge on any atom is -0.377 e. The van der Waals surface area contributed by atoms with Gasteiger partial charge in [0, 0.05) is 13.2 Å². The van der Waals surface area contributed by atoms with Gasteiger partial charge in [0.2, 0.25) is 0 Å². The van der Waals surface area contributed by atoms with Crippen LogP contribution in [0.3, 0.4) is 0 Å². The molecule has 0 fully saturated rings. The molecule has 0 unspecified atom stereocenters. The summed E-state index contributed by atoms with van der Waals surface area (Å²) < 4.78 is 12.0. The van der Waals surface area contributed by atoms with Crippen molar-refractivity contribution in [2.75, 3.05) is 13.2 Å². The summed E-state index contributed by atoms with van der Waals surface area (Å²) in [5.41, 5.74) is 5.91. The van der Waals surface area contributed by atoms with E-state index in [1.165, 1.54) is 24.0 Å². The summed E-state index contributed by atoms with van der Waals surface area (Å²) in [7, 11) is -2.66. The molecule has 28 heavy (non-hydrogen) atoms. The number of allylic oxidation sites excluding steroid dienone is 4. The quantitative estimate of drug-likeness (QED) is 0.504. The number of hydrogen-bond donors (Lipinski definition) is 0. The van der Waals surface area contributed by atoms with Crippen molar-refractivity contribution in [2.24, 2.45) is 0 Å². The molecule has 0 atom stereocenters. The van der Waals surface area contributed by atoms with E-state index in [0.29, 0.717) is 13.2 Å². The van der Waals surface area contributed by atoms with Gasteiger partial charge in [0.1, 0.15) is 0 Å². The van der Waals surface area contributed by atoms with Crippen molar-refractivity contribution in [1.29, 1.82) is 0 Å². The van der Waals surface area contributed by atoms with E-state index < -0.39 is 16.1 Å². The first-order valence-corrected chi connectivity index (χ1v) is 17.9. The van der Waals surface area contributed by atoms with Gasteiger partial charge in [-0.1, -0.05) is 73.9 Å². The van der Waals surface area contributed by atoms with Crippen LogP contribution >= 0.6 is 0 Å². The van der Waals surface area contributed by atoms with Crippen LogP contribution in [0.15, 0.2) is 45.8 Å². The van der Waals surface area contributed by atoms with Gasteiger partial charge in [0.15, 0.2) is 0 Å². The van der Waals surface area contributed by atoms with Gasteiger partial charge in [-0.15, -0.1) is 0 Å². The summed E-state index contributed by atoms with van der Waals surface area (Å²) in [6, 6.07) is 8.68. The smallest absolute Gasteiger partial charge is 0.0778 e. The Kier molecular flexibility index (Phi) is 6.85. The van der Waals surface area contributed by atoms with Gasteiger partial charge in [0.25, 0.3) is 0 Å². The predicted molar refractivity (Wildman–Crippen MR) is 125 cm³/mol. The molecule has 0 N–H and O–H groups in total. The minimum atomic E-state index is -1.33. The summed E-state index contributed by atoms with van der Waals surface area (Å²) >= 11 is 0. The first-order chi connectivity index (χ1) is 13.2. The summed E-state index contributed by atoms with van der Waals surface area (Å²) in [6.07, 6.45) is 4.62. The number of rotatable bonds is 2. The summed E-state index contributed by atoms with van der Waals surface area (Å²) in [5.74, 6) is 0. The molecule has 1 aliphatic carbocycles. The number of fused-ring (bicyclic) bond motifs is 10. The van der Waals surface area contributed by atoms with E-state index in [1.54, 1.807) is 21.5 Å². The maximum atomic E-state index is 5.99. The zero-order chi connectivity index (χ0) is 20.4. The molecule has 2 bridgehead atoms. The highest BCUT2D eigenvalue weighted by Crippen LogP contribution is 2.48. The van der Waals surface area contributed by atoms with Crippen LogP contribution in [0, 0.1) is 0 Å². The second-order valence-electron chi connectivity index (χ2n) is 10.3. The Balaban J connectivity index is 1.78. The molecule has 4 rings (SSSR count). The van der Waals surface area contributed by atoms with E-state index in [1.807, 2.05) is 0 Å². The van der Waals surface area contributed by atoms with Gasteiger partial charge in [0.05, 0.1) is 29.4 Å². The lowest BCUT2D eigenvalue weighted by atomic mass is 9.89. The van der Waals surface area contributed by atoms with Gasteiger partial charge >= 0.3 is 0 Å². The van der Waals surface area contributed by atoms with Crippen molar-refractivity contribution in [1.82, 2.24) is 0 Å². The molecule has 0 amide bonds. The highest BCUT2D eigenvalue weighted by molar-refractivity contribution is 6.91. The van der Waals surface area contributed by atoms with Crippen LogP contribution in [0.25, 0.3) is 0 Å². The third kappa shape index (κ3) is 5.15. The van der Waals surface area contributed by atoms with E-state index in [9.17, 15) is 0 Å². The van der Waals surface area contributed by atoms with E-state index in [-0.39, 0.29) is 0 Å². The molecule has 1 aromatic rings. The number of ether oxygens (including phenoxy) is 2. The highest BCUT2D eigenvalue weighted by Gasteiger charge is 2.40. The SMILES string of the molecule is C[Si](C)(C)C1=C([Si](C)(C)C)C2=C1CCCOCc1ccc(cc1)COCCC2. The minimum absolute atomic E-state index is 0.712. The molecule has 2 aliphatic heterocycles. The molecule has 2 nitrogen and oxygen atoms in total. The van der Waals surface area contributed by atoms with Gasteiger partial charge in [-0.05, 0) is 48.0 Å². The van der Waals surface area contributed by atoms with Crippen LogP contribution in [0.4, 0.5) is 0 Å². The molecular formula is C24H38O2Si2. The van der Waals surface area contributed by atoms with E-state index in [4.69, 9.17) is 9.47 Å². The molecule has 0 aromatic heterocycles. The van der Waals surface area contributed by atoms with Crippen LogP contribution in [0.1, 0.15) is 36.8 Å². The first kappa shape index (κ1) is 21.8. The molecule has 154 valence electrons. The standard InChI is InChI=1S/C24H38O2Si2/c1-27(2,3)23-21-9-7-15-25-17-19-11-13-20(14-12-19)18-26-16-8-10-22(21)24(23)28(4,5)6/h11-14H,7-10,15-18H2,1-6H3. The third-order valence-electron chi connectivity index (χ3n) is 5.71. The summed E-state index contributed by atoms with van der Waals surface area (Å²) in [5, 5.41) is 3.61. The van der Waals surface area contributed by atoms with Crippen molar-refractivity contribution in [3.63, 3.8) is 0 Å². The second-order valence-corrected chi connectivity index (χ2v) is 20.3. The third-order valence-corrected chi connectivity index (χ3v) is 10.1. The molecule has 0 spiro atoms. The van der Waals surface area contributed by atoms with Gasteiger partial charge in [-0.25, -0.2) is 0 Å². The topological polar surface area (TPSA) is 18.5 Å². The van der Waals surface area contributed by atoms with Gasteiger partial charge < -0.3 is 9.47 Å². The normalized spacial score (nSPS) is 20.2. The molecule has 2 heterocycles. The molecule has 4 heteroatoms. The molecule has 1 aromatic carbocycles. The van der Waals surface area contributed by atoms with Crippen molar-refractivity contribution in [3.05, 3.63) is 56.9 Å². The zero-order valence-corrected chi connectivity index (χ0v) is 20.8. The Morgan fingerprint density at radius 2 is 0.964 bits per heavy atom. The maximum Gasteiger partial charge on any atom is 0.0778 e. The van der Waals surface area contributed by atoms with Crippen LogP contribution in [0.2, 0.25) is 39.3 Å². The van der Waals surface area contributed by atoms with Crippen LogP contribution < -0.4 is 0 Å². The van der Waals surface area contributed by atoms with Crippen molar-refractivity contribution in [3.8, 4) is 0 Å². The average Bonchev–Trinajstić information content (AvgIpc) is 2.57. The molecule has 3 aliphatic rings. The second kappa shape index (κ2) is 8.82. The Morgan fingerprint density at radius 1 is 0.607 bits per heavy atom. The van der Waals surface area contributed by atoms with E-state index in [2.05, 4.69) is 63.5 Å². The lowest BCUT2D eigenvalue weighted by molar-refractivity contribution is 0.116. The number of hydrogen-bond acceptors (Lipinski definition) is 2. The molecule has 0 radical (unpaired) electrons. The predicted octanol–water partition coefficient (Wildman–Crippen LogP) is 6.66. The summed E-state index contributed by atoms with van der Waals surface area (Å²) in [4.78, 5) is 0. The first-order valence-electron chi connectivity index (χ1n) is 10.9. The lowest BCUT2D eigenvalue weighted by Gasteiger charge is -2.43. The van der Waals surface area contributed by atoms with Crippen LogP contribution in [-0.4, -0.2) is 29.4 Å².